The molecule has 0 unspecified atom stereocenters. The molecule has 0 atom stereocenters. The first-order valence-electron chi connectivity index (χ1n) is 18.4. The summed E-state index contributed by atoms with van der Waals surface area (Å²) in [4.78, 5) is 50.5. The quantitative estimate of drug-likeness (QED) is 0.0360. The fourth-order valence-corrected chi connectivity index (χ4v) is 5.47. The summed E-state index contributed by atoms with van der Waals surface area (Å²) in [6.07, 6.45) is 18.5. The number of phenols is 1. The summed E-state index contributed by atoms with van der Waals surface area (Å²) in [6.45, 7) is 7.83. The highest BCUT2D eigenvalue weighted by Crippen LogP contribution is 2.32. The number of esters is 2. The van der Waals surface area contributed by atoms with E-state index in [1.165, 1.54) is 82.8 Å². The third-order valence-electron chi connectivity index (χ3n) is 8.77. The van der Waals surface area contributed by atoms with Gasteiger partial charge >= 0.3 is 11.9 Å². The molecule has 0 aromatic heterocycles. The SMILES string of the molecule is CCCCCCCCCC(=O)Oc1cc(/C=C/C(=O)CC(=O)/C(C)=C(\C)c2ccc(OC(=O)CCCCCCCCC)c(OC)c2)ccc1O. The third-order valence-corrected chi connectivity index (χ3v) is 8.77. The number of aromatic hydroxyl groups is 1. The van der Waals surface area contributed by atoms with Crippen LogP contribution in [-0.4, -0.2) is 35.7 Å². The first-order valence-corrected chi connectivity index (χ1v) is 18.4. The number of hydrogen-bond donors (Lipinski definition) is 1. The minimum absolute atomic E-state index is 0.0300. The molecule has 2 rings (SSSR count). The smallest absolute Gasteiger partial charge is 0.311 e. The Bertz CT molecular complexity index is 1450. The fourth-order valence-electron chi connectivity index (χ4n) is 5.47. The molecule has 0 radical (unpaired) electrons. The van der Waals surface area contributed by atoms with Crippen LogP contribution in [0.15, 0.2) is 48.0 Å². The van der Waals surface area contributed by atoms with Crippen molar-refractivity contribution >= 4 is 35.2 Å². The van der Waals surface area contributed by atoms with Gasteiger partial charge in [0, 0.05) is 12.8 Å². The van der Waals surface area contributed by atoms with Gasteiger partial charge in [0.15, 0.2) is 34.6 Å². The molecule has 0 saturated carbocycles. The van der Waals surface area contributed by atoms with Gasteiger partial charge in [-0.3, -0.25) is 19.2 Å². The molecule has 0 aliphatic heterocycles. The van der Waals surface area contributed by atoms with E-state index in [2.05, 4.69) is 13.8 Å². The second kappa shape index (κ2) is 24.0. The molecule has 0 fully saturated rings. The highest BCUT2D eigenvalue weighted by atomic mass is 16.6. The topological polar surface area (TPSA) is 116 Å². The standard InChI is InChI=1S/C42H58O8/c1-6-8-10-12-14-16-18-20-41(46)49-38-27-24-34(29-40(38)48-5)31(3)32(4)37(45)30-35(43)25-22-33-23-26-36(44)39(28-33)50-42(47)21-19-17-15-13-11-9-7-2/h22-29,44H,6-21,30H2,1-5H3/b25-22+,32-31+. The van der Waals surface area contributed by atoms with E-state index >= 15 is 0 Å². The van der Waals surface area contributed by atoms with Gasteiger partial charge in [-0.2, -0.15) is 0 Å². The number of Topliss-reactive ketones (excluding diaryl/α,β-unsaturated/α-hetero) is 1. The number of benzene rings is 2. The molecule has 274 valence electrons. The van der Waals surface area contributed by atoms with E-state index in [9.17, 15) is 24.3 Å². The van der Waals surface area contributed by atoms with E-state index in [0.717, 1.165) is 38.5 Å². The molecule has 8 heteroatoms. The Morgan fingerprint density at radius 3 is 1.76 bits per heavy atom. The maximum absolute atomic E-state index is 13.0. The maximum Gasteiger partial charge on any atom is 0.311 e. The van der Waals surface area contributed by atoms with Crippen LogP contribution in [0.5, 0.6) is 23.0 Å². The first-order chi connectivity index (χ1) is 24.1. The van der Waals surface area contributed by atoms with Gasteiger partial charge < -0.3 is 19.3 Å². The highest BCUT2D eigenvalue weighted by Gasteiger charge is 2.16. The van der Waals surface area contributed by atoms with E-state index in [1.807, 2.05) is 0 Å². The van der Waals surface area contributed by atoms with Crippen LogP contribution in [0.1, 0.15) is 148 Å². The zero-order valence-electron chi connectivity index (χ0n) is 30.9. The Morgan fingerprint density at radius 2 is 1.20 bits per heavy atom. The molecule has 2 aromatic rings. The third kappa shape index (κ3) is 16.0. The summed E-state index contributed by atoms with van der Waals surface area (Å²) < 4.78 is 16.4. The molecular weight excluding hydrogens is 632 g/mol. The van der Waals surface area contributed by atoms with Crippen molar-refractivity contribution in [2.45, 2.75) is 137 Å². The van der Waals surface area contributed by atoms with Crippen molar-refractivity contribution in [2.75, 3.05) is 7.11 Å². The Hall–Kier alpha value is -4.20. The van der Waals surface area contributed by atoms with Crippen LogP contribution < -0.4 is 14.2 Å². The number of hydrogen-bond acceptors (Lipinski definition) is 8. The lowest BCUT2D eigenvalue weighted by Crippen LogP contribution is -2.09. The van der Waals surface area contributed by atoms with Crippen LogP contribution in [0.3, 0.4) is 0 Å². The van der Waals surface area contributed by atoms with Crippen molar-refractivity contribution in [3.05, 3.63) is 59.2 Å². The molecular formula is C42H58O8. The highest BCUT2D eigenvalue weighted by molar-refractivity contribution is 6.14. The number of methoxy groups -OCH3 is 1. The Kier molecular flexibility index (Phi) is 20.2. The van der Waals surface area contributed by atoms with Crippen LogP contribution in [0, 0.1) is 0 Å². The summed E-state index contributed by atoms with van der Waals surface area (Å²) in [5.41, 5.74) is 2.35. The number of allylic oxidation sites excluding steroid dienone is 3. The van der Waals surface area contributed by atoms with E-state index in [0.29, 0.717) is 40.2 Å². The van der Waals surface area contributed by atoms with Gasteiger partial charge in [-0.05, 0) is 79.3 Å². The molecule has 0 heterocycles. The molecule has 0 aliphatic carbocycles. The van der Waals surface area contributed by atoms with Crippen LogP contribution in [0.25, 0.3) is 11.6 Å². The summed E-state index contributed by atoms with van der Waals surface area (Å²) in [7, 11) is 1.49. The number of phenolic OH excluding ortho intramolecular Hbond substituents is 1. The first kappa shape index (κ1) is 42.0. The predicted molar refractivity (Wildman–Crippen MR) is 200 cm³/mol. The average molecular weight is 691 g/mol. The minimum Gasteiger partial charge on any atom is -0.504 e. The van der Waals surface area contributed by atoms with Gasteiger partial charge in [0.1, 0.15) is 0 Å². The fraction of sp³-hybridized carbons (Fsp3) is 0.524. The molecule has 0 amide bonds. The van der Waals surface area contributed by atoms with Crippen molar-refractivity contribution < 1.29 is 38.5 Å². The van der Waals surface area contributed by atoms with Gasteiger partial charge in [0.05, 0.1) is 13.5 Å². The van der Waals surface area contributed by atoms with Gasteiger partial charge in [-0.15, -0.1) is 0 Å². The monoisotopic (exact) mass is 690 g/mol. The van der Waals surface area contributed by atoms with Gasteiger partial charge in [0.25, 0.3) is 0 Å². The predicted octanol–water partition coefficient (Wildman–Crippen LogP) is 10.5. The molecule has 0 aliphatic rings. The number of rotatable bonds is 25. The summed E-state index contributed by atoms with van der Waals surface area (Å²) in [5.74, 6) is -0.881. The van der Waals surface area contributed by atoms with Crippen molar-refractivity contribution in [1.82, 2.24) is 0 Å². The van der Waals surface area contributed by atoms with Crippen LogP contribution >= 0.6 is 0 Å². The zero-order chi connectivity index (χ0) is 36.7. The largest absolute Gasteiger partial charge is 0.504 e. The zero-order valence-corrected chi connectivity index (χ0v) is 30.9. The van der Waals surface area contributed by atoms with Gasteiger partial charge in [-0.25, -0.2) is 0 Å². The normalized spacial score (nSPS) is 11.7. The van der Waals surface area contributed by atoms with Crippen molar-refractivity contribution in [2.24, 2.45) is 0 Å². The Morgan fingerprint density at radius 1 is 0.660 bits per heavy atom. The number of ether oxygens (including phenoxy) is 3. The summed E-state index contributed by atoms with van der Waals surface area (Å²) in [5, 5.41) is 10.2. The van der Waals surface area contributed by atoms with E-state index in [4.69, 9.17) is 14.2 Å². The second-order valence-electron chi connectivity index (χ2n) is 12.9. The minimum atomic E-state index is -0.415. The molecule has 50 heavy (non-hydrogen) atoms. The van der Waals surface area contributed by atoms with Crippen molar-refractivity contribution in [3.63, 3.8) is 0 Å². The summed E-state index contributed by atoms with van der Waals surface area (Å²) >= 11 is 0. The van der Waals surface area contributed by atoms with E-state index < -0.39 is 11.8 Å². The number of unbranched alkanes of at least 4 members (excludes halogenated alkanes) is 12. The van der Waals surface area contributed by atoms with E-state index in [-0.39, 0.29) is 36.1 Å². The van der Waals surface area contributed by atoms with Crippen LogP contribution in [0.4, 0.5) is 0 Å². The molecule has 0 saturated heterocycles. The number of carbonyl (C=O) groups is 4. The molecule has 0 spiro atoms. The molecule has 1 N–H and O–H groups in total. The van der Waals surface area contributed by atoms with Crippen LogP contribution in [-0.2, 0) is 19.2 Å². The van der Waals surface area contributed by atoms with Crippen molar-refractivity contribution in [3.8, 4) is 23.0 Å². The molecule has 8 nitrogen and oxygen atoms in total. The lowest BCUT2D eigenvalue weighted by atomic mass is 9.97. The van der Waals surface area contributed by atoms with Crippen LogP contribution in [0.2, 0.25) is 0 Å². The van der Waals surface area contributed by atoms with Gasteiger partial charge in [-0.1, -0.05) is 109 Å². The summed E-state index contributed by atoms with van der Waals surface area (Å²) in [6, 6.07) is 9.62. The number of carbonyl (C=O) groups excluding carboxylic acids is 4. The van der Waals surface area contributed by atoms with Crippen molar-refractivity contribution in [1.29, 1.82) is 0 Å². The molecule has 0 bridgehead atoms. The lowest BCUT2D eigenvalue weighted by molar-refractivity contribution is -0.135. The van der Waals surface area contributed by atoms with E-state index in [1.54, 1.807) is 38.1 Å². The lowest BCUT2D eigenvalue weighted by Gasteiger charge is -2.13. The Labute approximate surface area is 299 Å². The van der Waals surface area contributed by atoms with Gasteiger partial charge in [0.2, 0.25) is 0 Å². The second-order valence-corrected chi connectivity index (χ2v) is 12.9. The maximum atomic E-state index is 13.0. The molecule has 2 aromatic carbocycles. The number of ketones is 2. The Balaban J connectivity index is 1.92. The average Bonchev–Trinajstić information content (AvgIpc) is 3.10.